The van der Waals surface area contributed by atoms with Crippen LogP contribution < -0.4 is 11.4 Å². The summed E-state index contributed by atoms with van der Waals surface area (Å²) in [5.41, 5.74) is 3.94. The SMILES string of the molecule is NC[C@@]12COC(O1)[C@H](n1cccnc1=O)[C@@H](O)[C@H]2O. The molecule has 0 saturated carbocycles. The van der Waals surface area contributed by atoms with Crippen molar-refractivity contribution in [2.24, 2.45) is 5.73 Å². The summed E-state index contributed by atoms with van der Waals surface area (Å²) in [4.78, 5) is 15.3. The lowest BCUT2D eigenvalue weighted by Gasteiger charge is -2.42. The Hall–Kier alpha value is -1.32. The van der Waals surface area contributed by atoms with E-state index in [2.05, 4.69) is 4.98 Å². The van der Waals surface area contributed by atoms with Gasteiger partial charge in [-0.3, -0.25) is 4.57 Å². The molecule has 2 saturated heterocycles. The lowest BCUT2D eigenvalue weighted by Crippen LogP contribution is -2.62. The van der Waals surface area contributed by atoms with Crippen LogP contribution >= 0.6 is 0 Å². The predicted molar refractivity (Wildman–Crippen MR) is 62.2 cm³/mol. The summed E-state index contributed by atoms with van der Waals surface area (Å²) >= 11 is 0. The largest absolute Gasteiger partial charge is 0.388 e. The molecule has 8 heteroatoms. The summed E-state index contributed by atoms with van der Waals surface area (Å²) in [6.07, 6.45) is -0.453. The van der Waals surface area contributed by atoms with Gasteiger partial charge in [0.15, 0.2) is 6.29 Å². The molecule has 1 unspecified atom stereocenters. The maximum Gasteiger partial charge on any atom is 0.348 e. The van der Waals surface area contributed by atoms with Crippen molar-refractivity contribution in [2.45, 2.75) is 30.1 Å². The van der Waals surface area contributed by atoms with Gasteiger partial charge in [0.1, 0.15) is 23.9 Å². The lowest BCUT2D eigenvalue weighted by atomic mass is 9.88. The van der Waals surface area contributed by atoms with Gasteiger partial charge >= 0.3 is 5.69 Å². The summed E-state index contributed by atoms with van der Waals surface area (Å²) in [6.45, 7) is 0.105. The predicted octanol–water partition coefficient (Wildman–Crippen LogP) is -2.41. The average Bonchev–Trinajstić information content (AvgIpc) is 2.81. The molecular formula is C11H15N3O5. The molecule has 2 bridgehead atoms. The normalized spacial score (nSPS) is 41.4. The molecule has 5 atom stereocenters. The number of ether oxygens (including phenoxy) is 2. The van der Waals surface area contributed by atoms with Crippen LogP contribution in [-0.2, 0) is 9.47 Å². The quantitative estimate of drug-likeness (QED) is 0.547. The highest BCUT2D eigenvalue weighted by Crippen LogP contribution is 2.41. The van der Waals surface area contributed by atoms with Crippen LogP contribution in [0.25, 0.3) is 0 Å². The first-order valence-electron chi connectivity index (χ1n) is 5.98. The molecular weight excluding hydrogens is 254 g/mol. The summed E-state index contributed by atoms with van der Waals surface area (Å²) in [5.74, 6) is 0. The molecule has 104 valence electrons. The van der Waals surface area contributed by atoms with Crippen LogP contribution in [0.4, 0.5) is 0 Å². The standard InChI is InChI=1S/C11H15N3O5/c12-4-11-5-18-9(19-11)6(7(15)8(11)16)14-3-1-2-13-10(14)17/h1-3,6-9,15-16H,4-5,12H2/t6-,7-,8-,9?,11+/m1/s1. The maximum atomic E-state index is 11.7. The van der Waals surface area contributed by atoms with Gasteiger partial charge in [0, 0.05) is 18.9 Å². The highest BCUT2D eigenvalue weighted by Gasteiger charge is 2.59. The molecule has 1 aromatic heterocycles. The number of aromatic nitrogens is 2. The monoisotopic (exact) mass is 269 g/mol. The molecule has 0 amide bonds. The average molecular weight is 269 g/mol. The van der Waals surface area contributed by atoms with Crippen LogP contribution in [-0.4, -0.2) is 57.0 Å². The van der Waals surface area contributed by atoms with Crippen molar-refractivity contribution < 1.29 is 19.7 Å². The highest BCUT2D eigenvalue weighted by molar-refractivity contribution is 5.06. The number of fused-ring (bicyclic) bond motifs is 2. The van der Waals surface area contributed by atoms with Crippen LogP contribution in [0.3, 0.4) is 0 Å². The van der Waals surface area contributed by atoms with Crippen LogP contribution in [0.15, 0.2) is 23.3 Å². The minimum Gasteiger partial charge on any atom is -0.388 e. The molecule has 19 heavy (non-hydrogen) atoms. The zero-order valence-corrected chi connectivity index (χ0v) is 10.0. The summed E-state index contributed by atoms with van der Waals surface area (Å²) in [5, 5.41) is 20.4. The van der Waals surface area contributed by atoms with E-state index in [1.165, 1.54) is 17.0 Å². The number of nitrogens with two attached hydrogens (primary N) is 1. The third-order valence-corrected chi connectivity index (χ3v) is 3.74. The molecule has 2 aliphatic rings. The van der Waals surface area contributed by atoms with Crippen LogP contribution in [0.5, 0.6) is 0 Å². The van der Waals surface area contributed by atoms with Gasteiger partial charge in [0.05, 0.1) is 6.61 Å². The molecule has 3 rings (SSSR count). The van der Waals surface area contributed by atoms with Crippen molar-refractivity contribution in [1.29, 1.82) is 0 Å². The second kappa shape index (κ2) is 4.36. The third-order valence-electron chi connectivity index (χ3n) is 3.74. The Bertz CT molecular complexity index is 535. The van der Waals surface area contributed by atoms with Crippen molar-refractivity contribution in [3.63, 3.8) is 0 Å². The highest BCUT2D eigenvalue weighted by atomic mass is 16.7. The smallest absolute Gasteiger partial charge is 0.348 e. The topological polar surface area (TPSA) is 120 Å². The van der Waals surface area contributed by atoms with E-state index in [0.29, 0.717) is 0 Å². The molecule has 0 radical (unpaired) electrons. The van der Waals surface area contributed by atoms with E-state index in [9.17, 15) is 15.0 Å². The first-order chi connectivity index (χ1) is 9.09. The van der Waals surface area contributed by atoms with Gasteiger partial charge in [-0.1, -0.05) is 0 Å². The number of nitrogens with zero attached hydrogens (tertiary/aromatic N) is 2. The van der Waals surface area contributed by atoms with Crippen molar-refractivity contribution in [2.75, 3.05) is 13.2 Å². The Balaban J connectivity index is 2.01. The minimum absolute atomic E-state index is 0.0242. The molecule has 1 aromatic rings. The maximum absolute atomic E-state index is 11.7. The van der Waals surface area contributed by atoms with E-state index in [-0.39, 0.29) is 13.2 Å². The van der Waals surface area contributed by atoms with Crippen molar-refractivity contribution >= 4 is 0 Å². The molecule has 8 nitrogen and oxygen atoms in total. The number of aliphatic hydroxyl groups excluding tert-OH is 2. The van der Waals surface area contributed by atoms with Crippen LogP contribution in [0.2, 0.25) is 0 Å². The van der Waals surface area contributed by atoms with Crippen molar-refractivity contribution in [1.82, 2.24) is 9.55 Å². The summed E-state index contributed by atoms with van der Waals surface area (Å²) in [6, 6.07) is 0.707. The Morgan fingerprint density at radius 3 is 3.05 bits per heavy atom. The van der Waals surface area contributed by atoms with Crippen LogP contribution in [0, 0.1) is 0 Å². The zero-order valence-electron chi connectivity index (χ0n) is 10.0. The first-order valence-corrected chi connectivity index (χ1v) is 5.98. The second-order valence-corrected chi connectivity index (χ2v) is 4.80. The van der Waals surface area contributed by atoms with Crippen molar-refractivity contribution in [3.8, 4) is 0 Å². The van der Waals surface area contributed by atoms with Gasteiger partial charge in [-0.15, -0.1) is 0 Å². The molecule has 4 N–H and O–H groups in total. The fourth-order valence-corrected chi connectivity index (χ4v) is 2.62. The number of hydrogen-bond acceptors (Lipinski definition) is 7. The van der Waals surface area contributed by atoms with E-state index in [0.717, 1.165) is 0 Å². The Morgan fingerprint density at radius 2 is 2.37 bits per heavy atom. The van der Waals surface area contributed by atoms with Gasteiger partial charge in [-0.2, -0.15) is 0 Å². The van der Waals surface area contributed by atoms with E-state index in [1.54, 1.807) is 6.07 Å². The lowest BCUT2D eigenvalue weighted by molar-refractivity contribution is -0.231. The van der Waals surface area contributed by atoms with Gasteiger partial charge in [0.25, 0.3) is 0 Å². The van der Waals surface area contributed by atoms with Gasteiger partial charge in [-0.25, -0.2) is 9.78 Å². The van der Waals surface area contributed by atoms with E-state index in [1.807, 2.05) is 0 Å². The van der Waals surface area contributed by atoms with Gasteiger partial charge < -0.3 is 25.4 Å². The van der Waals surface area contributed by atoms with Gasteiger partial charge in [0.2, 0.25) is 0 Å². The second-order valence-electron chi connectivity index (χ2n) is 4.80. The Labute approximate surface area is 108 Å². The van der Waals surface area contributed by atoms with Crippen molar-refractivity contribution in [3.05, 3.63) is 28.9 Å². The van der Waals surface area contributed by atoms with Crippen LogP contribution in [0.1, 0.15) is 6.04 Å². The fourth-order valence-electron chi connectivity index (χ4n) is 2.62. The van der Waals surface area contributed by atoms with Gasteiger partial charge in [-0.05, 0) is 6.07 Å². The fraction of sp³-hybridized carbons (Fsp3) is 0.636. The van der Waals surface area contributed by atoms with E-state index in [4.69, 9.17) is 15.2 Å². The molecule has 2 aliphatic heterocycles. The first kappa shape index (κ1) is 12.7. The molecule has 0 spiro atoms. The minimum atomic E-state index is -1.23. The number of rotatable bonds is 2. The van der Waals surface area contributed by atoms with E-state index >= 15 is 0 Å². The zero-order chi connectivity index (χ0) is 13.6. The Kier molecular flexibility index (Phi) is 2.91. The molecule has 0 aromatic carbocycles. The number of aliphatic hydroxyl groups is 2. The Morgan fingerprint density at radius 1 is 1.58 bits per heavy atom. The molecule has 3 heterocycles. The number of hydrogen-bond donors (Lipinski definition) is 3. The van der Waals surface area contributed by atoms with E-state index < -0.39 is 35.8 Å². The molecule has 2 fully saturated rings. The third kappa shape index (κ3) is 1.72. The summed E-state index contributed by atoms with van der Waals surface area (Å²) < 4.78 is 12.2. The molecule has 0 aliphatic carbocycles. The summed E-state index contributed by atoms with van der Waals surface area (Å²) in [7, 11) is 0.